The molecule has 0 bridgehead atoms. The van der Waals surface area contributed by atoms with Gasteiger partial charge in [0.2, 0.25) is 0 Å². The van der Waals surface area contributed by atoms with E-state index < -0.39 is 17.7 Å². The molecule has 1 aromatic heterocycles. The lowest BCUT2D eigenvalue weighted by Gasteiger charge is -2.18. The maximum atomic E-state index is 14.1. The van der Waals surface area contributed by atoms with Gasteiger partial charge in [-0.2, -0.15) is 0 Å². The zero-order valence-corrected chi connectivity index (χ0v) is 15.4. The monoisotopic (exact) mass is 378 g/mol. The van der Waals surface area contributed by atoms with Crippen LogP contribution in [0.4, 0.5) is 4.39 Å². The Hall–Kier alpha value is -3.41. The van der Waals surface area contributed by atoms with E-state index in [2.05, 4.69) is 4.98 Å². The molecule has 1 aliphatic rings. The molecule has 0 saturated heterocycles. The van der Waals surface area contributed by atoms with Crippen LogP contribution in [0.15, 0.2) is 54.7 Å². The largest absolute Gasteiger partial charge is 0.462 e. The summed E-state index contributed by atoms with van der Waals surface area (Å²) in [6.45, 7) is 2.27. The molecule has 0 radical (unpaired) electrons. The summed E-state index contributed by atoms with van der Waals surface area (Å²) < 4.78 is 19.3. The molecule has 0 unspecified atom stereocenters. The highest BCUT2D eigenvalue weighted by Gasteiger charge is 2.28. The fraction of sp³-hybridized carbons (Fsp3) is 0.182. The molecule has 4 rings (SSSR count). The molecule has 1 N–H and O–H groups in total. The SMILES string of the molecule is CCOC(=O)C1=CN(C(=O)c2ccccc2F)CCc2c1[nH]c1ccccc21. The standard InChI is InChI=1S/C22H19FN2O3/c1-2-28-22(27)17-13-25(21(26)16-8-3-5-9-18(16)23)12-11-15-14-7-4-6-10-19(14)24-20(15)17/h3-10,13,24H,2,11-12H2,1H3. The van der Waals surface area contributed by atoms with Crippen LogP contribution in [0.25, 0.3) is 16.5 Å². The molecular weight excluding hydrogens is 359 g/mol. The summed E-state index contributed by atoms with van der Waals surface area (Å²) in [5, 5.41) is 0.993. The first kappa shape index (κ1) is 18.0. The van der Waals surface area contributed by atoms with Crippen molar-refractivity contribution in [2.75, 3.05) is 13.2 Å². The van der Waals surface area contributed by atoms with E-state index in [1.54, 1.807) is 13.0 Å². The second kappa shape index (κ2) is 7.31. The van der Waals surface area contributed by atoms with Crippen LogP contribution in [0.2, 0.25) is 0 Å². The Labute approximate surface area is 161 Å². The first-order valence-electron chi connectivity index (χ1n) is 9.14. The molecule has 0 saturated carbocycles. The summed E-state index contributed by atoms with van der Waals surface area (Å²) in [6, 6.07) is 13.6. The Bertz CT molecular complexity index is 1100. The summed E-state index contributed by atoms with van der Waals surface area (Å²) in [4.78, 5) is 30.2. The lowest BCUT2D eigenvalue weighted by atomic mass is 10.0. The zero-order valence-electron chi connectivity index (χ0n) is 15.4. The summed E-state index contributed by atoms with van der Waals surface area (Å²) in [5.74, 6) is -1.61. The van der Waals surface area contributed by atoms with Gasteiger partial charge in [0, 0.05) is 23.6 Å². The van der Waals surface area contributed by atoms with Crippen LogP contribution in [0.5, 0.6) is 0 Å². The van der Waals surface area contributed by atoms with Crippen molar-refractivity contribution in [1.82, 2.24) is 9.88 Å². The number of hydrogen-bond acceptors (Lipinski definition) is 3. The Morgan fingerprint density at radius 1 is 1.14 bits per heavy atom. The summed E-state index contributed by atoms with van der Waals surface area (Å²) in [5.41, 5.74) is 2.73. The van der Waals surface area contributed by atoms with E-state index in [-0.39, 0.29) is 17.7 Å². The predicted molar refractivity (Wildman–Crippen MR) is 104 cm³/mol. The van der Waals surface area contributed by atoms with Gasteiger partial charge >= 0.3 is 5.97 Å². The molecule has 28 heavy (non-hydrogen) atoms. The smallest absolute Gasteiger partial charge is 0.341 e. The van der Waals surface area contributed by atoms with Crippen molar-refractivity contribution in [3.8, 4) is 0 Å². The number of H-pyrrole nitrogens is 1. The molecule has 0 fully saturated rings. The normalized spacial score (nSPS) is 13.6. The number of amides is 1. The lowest BCUT2D eigenvalue weighted by molar-refractivity contribution is -0.136. The number of nitrogens with zero attached hydrogens (tertiary/aromatic N) is 1. The quantitative estimate of drug-likeness (QED) is 0.703. The number of carbonyl (C=O) groups excluding carboxylic acids is 2. The minimum Gasteiger partial charge on any atom is -0.462 e. The summed E-state index contributed by atoms with van der Waals surface area (Å²) >= 11 is 0. The zero-order chi connectivity index (χ0) is 19.7. The van der Waals surface area contributed by atoms with Gasteiger partial charge in [0.15, 0.2) is 0 Å². The summed E-state index contributed by atoms with van der Waals surface area (Å²) in [6.07, 6.45) is 1.99. The van der Waals surface area contributed by atoms with Gasteiger partial charge < -0.3 is 14.6 Å². The third-order valence-electron chi connectivity index (χ3n) is 4.83. The number of rotatable bonds is 3. The van der Waals surface area contributed by atoms with Crippen LogP contribution >= 0.6 is 0 Å². The van der Waals surface area contributed by atoms with Crippen molar-refractivity contribution in [1.29, 1.82) is 0 Å². The van der Waals surface area contributed by atoms with Gasteiger partial charge in [0.05, 0.1) is 23.4 Å². The van der Waals surface area contributed by atoms with Gasteiger partial charge in [-0.1, -0.05) is 30.3 Å². The Kier molecular flexibility index (Phi) is 4.69. The molecule has 2 aromatic carbocycles. The minimum absolute atomic E-state index is 0.0302. The molecule has 0 atom stereocenters. The molecule has 2 heterocycles. The third-order valence-corrected chi connectivity index (χ3v) is 4.83. The van der Waals surface area contributed by atoms with Gasteiger partial charge in [0.25, 0.3) is 5.91 Å². The molecule has 1 amide bonds. The number of hydrogen-bond donors (Lipinski definition) is 1. The van der Waals surface area contributed by atoms with Crippen LogP contribution in [-0.2, 0) is 16.0 Å². The van der Waals surface area contributed by atoms with E-state index in [4.69, 9.17) is 4.74 Å². The number of benzene rings is 2. The average molecular weight is 378 g/mol. The number of halogens is 1. The lowest BCUT2D eigenvalue weighted by Crippen LogP contribution is -2.28. The predicted octanol–water partition coefficient (Wildman–Crippen LogP) is 3.91. The number of esters is 1. The topological polar surface area (TPSA) is 62.4 Å². The molecule has 6 heteroatoms. The molecular formula is C22H19FN2O3. The van der Waals surface area contributed by atoms with Crippen molar-refractivity contribution >= 4 is 28.4 Å². The second-order valence-corrected chi connectivity index (χ2v) is 6.52. The van der Waals surface area contributed by atoms with E-state index in [1.807, 2.05) is 24.3 Å². The van der Waals surface area contributed by atoms with E-state index >= 15 is 0 Å². The first-order valence-corrected chi connectivity index (χ1v) is 9.14. The van der Waals surface area contributed by atoms with E-state index in [0.29, 0.717) is 18.7 Å². The first-order chi connectivity index (χ1) is 13.6. The summed E-state index contributed by atoms with van der Waals surface area (Å²) in [7, 11) is 0. The highest BCUT2D eigenvalue weighted by molar-refractivity contribution is 6.18. The Morgan fingerprint density at radius 2 is 1.89 bits per heavy atom. The van der Waals surface area contributed by atoms with Crippen LogP contribution in [0.1, 0.15) is 28.5 Å². The van der Waals surface area contributed by atoms with Crippen molar-refractivity contribution in [2.45, 2.75) is 13.3 Å². The van der Waals surface area contributed by atoms with Gasteiger partial charge in [-0.15, -0.1) is 0 Å². The van der Waals surface area contributed by atoms with Crippen molar-refractivity contribution < 1.29 is 18.7 Å². The van der Waals surface area contributed by atoms with E-state index in [1.165, 1.54) is 29.3 Å². The van der Waals surface area contributed by atoms with E-state index in [0.717, 1.165) is 16.5 Å². The second-order valence-electron chi connectivity index (χ2n) is 6.52. The highest BCUT2D eigenvalue weighted by Crippen LogP contribution is 2.31. The number of carbonyl (C=O) groups is 2. The number of fused-ring (bicyclic) bond motifs is 3. The fourth-order valence-corrected chi connectivity index (χ4v) is 3.52. The van der Waals surface area contributed by atoms with Crippen LogP contribution < -0.4 is 0 Å². The average Bonchev–Trinajstić information content (AvgIpc) is 2.95. The van der Waals surface area contributed by atoms with Gasteiger partial charge in [-0.25, -0.2) is 9.18 Å². The molecule has 5 nitrogen and oxygen atoms in total. The minimum atomic E-state index is -0.591. The number of aromatic nitrogens is 1. The van der Waals surface area contributed by atoms with Crippen LogP contribution in [0.3, 0.4) is 0 Å². The fourth-order valence-electron chi connectivity index (χ4n) is 3.52. The third kappa shape index (κ3) is 3.07. The number of ether oxygens (including phenoxy) is 1. The molecule has 0 spiro atoms. The van der Waals surface area contributed by atoms with Crippen molar-refractivity contribution in [3.05, 3.63) is 77.4 Å². The Balaban J connectivity index is 1.81. The van der Waals surface area contributed by atoms with Gasteiger partial charge in [-0.3, -0.25) is 4.79 Å². The van der Waals surface area contributed by atoms with Crippen molar-refractivity contribution in [2.24, 2.45) is 0 Å². The highest BCUT2D eigenvalue weighted by atomic mass is 19.1. The Morgan fingerprint density at radius 3 is 2.68 bits per heavy atom. The van der Waals surface area contributed by atoms with Crippen LogP contribution in [0, 0.1) is 5.82 Å². The molecule has 0 aliphatic carbocycles. The molecule has 3 aromatic rings. The maximum Gasteiger partial charge on any atom is 0.341 e. The van der Waals surface area contributed by atoms with E-state index in [9.17, 15) is 14.0 Å². The number of para-hydroxylation sites is 1. The molecule has 142 valence electrons. The molecule has 1 aliphatic heterocycles. The maximum absolute atomic E-state index is 14.1. The number of aromatic amines is 1. The van der Waals surface area contributed by atoms with Crippen LogP contribution in [-0.4, -0.2) is 34.9 Å². The number of nitrogens with one attached hydrogen (secondary N) is 1. The van der Waals surface area contributed by atoms with Gasteiger partial charge in [-0.05, 0) is 37.1 Å². The van der Waals surface area contributed by atoms with Gasteiger partial charge in [0.1, 0.15) is 5.82 Å². The van der Waals surface area contributed by atoms with Crippen molar-refractivity contribution in [3.63, 3.8) is 0 Å².